The number of piperidine rings is 1. The molecule has 0 spiro atoms. The van der Waals surface area contributed by atoms with Crippen molar-refractivity contribution in [2.24, 2.45) is 5.92 Å². The summed E-state index contributed by atoms with van der Waals surface area (Å²) >= 11 is 13.8. The highest BCUT2D eigenvalue weighted by Gasteiger charge is 2.25. The largest absolute Gasteiger partial charge is 0.355 e. The van der Waals surface area contributed by atoms with E-state index in [1.165, 1.54) is 12.1 Å². The Kier molecular flexibility index (Phi) is 8.83. The molecular formula is C24H25Cl2FN4O2S. The fourth-order valence-electron chi connectivity index (χ4n) is 3.79. The van der Waals surface area contributed by atoms with Gasteiger partial charge < -0.3 is 9.84 Å². The molecule has 6 nitrogen and oxygen atoms in total. The zero-order valence-corrected chi connectivity index (χ0v) is 20.8. The molecule has 1 N–H and O–H groups in total. The van der Waals surface area contributed by atoms with Crippen molar-refractivity contribution < 1.29 is 13.7 Å². The van der Waals surface area contributed by atoms with Crippen LogP contribution >= 0.6 is 35.0 Å². The maximum Gasteiger partial charge on any atom is 0.241 e. The molecular weight excluding hydrogens is 498 g/mol. The lowest BCUT2D eigenvalue weighted by Gasteiger charge is -2.30. The number of thioether (sulfide) groups is 1. The van der Waals surface area contributed by atoms with Crippen LogP contribution in [-0.4, -0.2) is 46.3 Å². The molecule has 1 amide bonds. The lowest BCUT2D eigenvalue weighted by atomic mass is 9.96. The van der Waals surface area contributed by atoms with Gasteiger partial charge in [0.05, 0.1) is 6.54 Å². The average molecular weight is 523 g/mol. The van der Waals surface area contributed by atoms with E-state index in [1.54, 1.807) is 30.0 Å². The number of likely N-dealkylation sites (tertiary alicyclic amines) is 1. The molecule has 0 atom stereocenters. The van der Waals surface area contributed by atoms with Gasteiger partial charge in [-0.05, 0) is 67.9 Å². The summed E-state index contributed by atoms with van der Waals surface area (Å²) in [4.78, 5) is 19.1. The van der Waals surface area contributed by atoms with Crippen LogP contribution in [0.1, 0.15) is 24.3 Å². The molecule has 1 saturated heterocycles. The number of benzene rings is 2. The van der Waals surface area contributed by atoms with Crippen LogP contribution in [0, 0.1) is 11.7 Å². The van der Waals surface area contributed by atoms with Gasteiger partial charge in [0.1, 0.15) is 5.82 Å². The van der Waals surface area contributed by atoms with Crippen molar-refractivity contribution in [2.75, 3.05) is 25.4 Å². The SMILES string of the molecule is O=C(NCCSCc1ccc(Cl)cc1Cl)C1CCN(Cc2nc(-c3ccc(F)cc3)no2)CC1. The quantitative estimate of drug-likeness (QED) is 0.377. The van der Waals surface area contributed by atoms with Crippen LogP contribution in [0.25, 0.3) is 11.4 Å². The first kappa shape index (κ1) is 25.0. The van der Waals surface area contributed by atoms with Gasteiger partial charge in [0.25, 0.3) is 0 Å². The summed E-state index contributed by atoms with van der Waals surface area (Å²) in [5.41, 5.74) is 1.75. The number of amides is 1. The number of hydrogen-bond donors (Lipinski definition) is 1. The highest BCUT2D eigenvalue weighted by atomic mass is 35.5. The van der Waals surface area contributed by atoms with Gasteiger partial charge in [-0.1, -0.05) is 34.4 Å². The minimum absolute atomic E-state index is 0.0180. The summed E-state index contributed by atoms with van der Waals surface area (Å²) in [7, 11) is 0. The number of halogens is 3. The Morgan fingerprint density at radius 1 is 1.18 bits per heavy atom. The van der Waals surface area contributed by atoms with E-state index in [0.717, 1.165) is 43.0 Å². The molecule has 0 aliphatic carbocycles. The summed E-state index contributed by atoms with van der Waals surface area (Å²) in [5.74, 6) is 2.38. The third-order valence-electron chi connectivity index (χ3n) is 5.71. The molecule has 3 aromatic rings. The predicted octanol–water partition coefficient (Wildman–Crippen LogP) is 5.44. The first-order valence-corrected chi connectivity index (χ1v) is 13.0. The van der Waals surface area contributed by atoms with E-state index in [2.05, 4.69) is 20.4 Å². The highest BCUT2D eigenvalue weighted by Crippen LogP contribution is 2.25. The summed E-state index contributed by atoms with van der Waals surface area (Å²) in [6, 6.07) is 11.5. The Morgan fingerprint density at radius 2 is 1.94 bits per heavy atom. The van der Waals surface area contributed by atoms with Crippen LogP contribution in [0.5, 0.6) is 0 Å². The van der Waals surface area contributed by atoms with Gasteiger partial charge in [-0.15, -0.1) is 0 Å². The standard InChI is InChI=1S/C24H25Cl2FN4O2S/c25-19-4-1-18(21(26)13-19)15-34-12-9-28-24(32)17-7-10-31(11-8-17)14-22-29-23(30-33-22)16-2-5-20(27)6-3-16/h1-6,13,17H,7-12,14-15H2,(H,28,32). The van der Waals surface area contributed by atoms with Gasteiger partial charge in [0.2, 0.25) is 17.6 Å². The van der Waals surface area contributed by atoms with E-state index >= 15 is 0 Å². The first-order chi connectivity index (χ1) is 16.5. The highest BCUT2D eigenvalue weighted by molar-refractivity contribution is 7.98. The molecule has 0 unspecified atom stereocenters. The predicted molar refractivity (Wildman–Crippen MR) is 133 cm³/mol. The molecule has 180 valence electrons. The second-order valence-electron chi connectivity index (χ2n) is 8.15. The molecule has 0 bridgehead atoms. The van der Waals surface area contributed by atoms with Gasteiger partial charge in [-0.3, -0.25) is 9.69 Å². The third-order valence-corrected chi connectivity index (χ3v) is 7.30. The van der Waals surface area contributed by atoms with E-state index in [9.17, 15) is 9.18 Å². The number of aromatic nitrogens is 2. The number of hydrogen-bond acceptors (Lipinski definition) is 6. The zero-order valence-electron chi connectivity index (χ0n) is 18.5. The van der Waals surface area contributed by atoms with E-state index < -0.39 is 0 Å². The Labute approximate surface area is 212 Å². The van der Waals surface area contributed by atoms with E-state index in [-0.39, 0.29) is 17.6 Å². The molecule has 1 aliphatic rings. The van der Waals surface area contributed by atoms with Crippen LogP contribution in [-0.2, 0) is 17.1 Å². The summed E-state index contributed by atoms with van der Waals surface area (Å²) in [5, 5.41) is 8.34. The fraction of sp³-hybridized carbons (Fsp3) is 0.375. The third kappa shape index (κ3) is 6.95. The molecule has 4 rings (SSSR count). The summed E-state index contributed by atoms with van der Waals surface area (Å²) in [6.45, 7) is 2.74. The van der Waals surface area contributed by atoms with Gasteiger partial charge in [-0.25, -0.2) is 4.39 Å². The van der Waals surface area contributed by atoms with Crippen LogP contribution in [0.4, 0.5) is 4.39 Å². The molecule has 2 heterocycles. The Hall–Kier alpha value is -2.13. The van der Waals surface area contributed by atoms with E-state index in [0.29, 0.717) is 40.4 Å². The second-order valence-corrected chi connectivity index (χ2v) is 10.1. The monoisotopic (exact) mass is 522 g/mol. The number of carbonyl (C=O) groups is 1. The number of nitrogens with zero attached hydrogens (tertiary/aromatic N) is 3. The van der Waals surface area contributed by atoms with Crippen molar-refractivity contribution in [1.29, 1.82) is 0 Å². The fourth-order valence-corrected chi connectivity index (χ4v) is 5.21. The molecule has 10 heteroatoms. The molecule has 34 heavy (non-hydrogen) atoms. The van der Waals surface area contributed by atoms with Gasteiger partial charge in [-0.2, -0.15) is 16.7 Å². The molecule has 0 radical (unpaired) electrons. The van der Waals surface area contributed by atoms with Crippen molar-refractivity contribution in [3.63, 3.8) is 0 Å². The molecule has 0 saturated carbocycles. The number of rotatable bonds is 9. The van der Waals surface area contributed by atoms with Gasteiger partial charge in [0.15, 0.2) is 0 Å². The Bertz CT molecular complexity index is 1100. The topological polar surface area (TPSA) is 71.3 Å². The van der Waals surface area contributed by atoms with Crippen molar-refractivity contribution in [2.45, 2.75) is 25.1 Å². The maximum atomic E-state index is 13.1. The smallest absolute Gasteiger partial charge is 0.241 e. The number of nitrogens with one attached hydrogen (secondary N) is 1. The van der Waals surface area contributed by atoms with Crippen LogP contribution in [0.15, 0.2) is 47.0 Å². The molecule has 1 aliphatic heterocycles. The minimum atomic E-state index is -0.305. The van der Waals surface area contributed by atoms with Crippen molar-refractivity contribution >= 4 is 40.9 Å². The number of carbonyl (C=O) groups excluding carboxylic acids is 1. The van der Waals surface area contributed by atoms with Gasteiger partial charge in [0, 0.05) is 39.6 Å². The first-order valence-electron chi connectivity index (χ1n) is 11.1. The summed E-state index contributed by atoms with van der Waals surface area (Å²) < 4.78 is 18.4. The normalized spacial score (nSPS) is 14.9. The van der Waals surface area contributed by atoms with Crippen molar-refractivity contribution in [1.82, 2.24) is 20.4 Å². The lowest BCUT2D eigenvalue weighted by molar-refractivity contribution is -0.126. The van der Waals surface area contributed by atoms with Crippen molar-refractivity contribution in [3.05, 3.63) is 69.8 Å². The Morgan fingerprint density at radius 3 is 2.68 bits per heavy atom. The van der Waals surface area contributed by atoms with Crippen LogP contribution in [0.2, 0.25) is 10.0 Å². The van der Waals surface area contributed by atoms with E-state index in [1.807, 2.05) is 12.1 Å². The van der Waals surface area contributed by atoms with Gasteiger partial charge >= 0.3 is 0 Å². The zero-order chi connectivity index (χ0) is 23.9. The molecule has 1 aromatic heterocycles. The summed E-state index contributed by atoms with van der Waals surface area (Å²) in [6.07, 6.45) is 1.58. The minimum Gasteiger partial charge on any atom is -0.355 e. The Balaban J connectivity index is 1.14. The molecule has 1 fully saturated rings. The van der Waals surface area contributed by atoms with Crippen LogP contribution in [0.3, 0.4) is 0 Å². The second kappa shape index (κ2) is 12.0. The van der Waals surface area contributed by atoms with Crippen molar-refractivity contribution in [3.8, 4) is 11.4 Å². The molecule has 2 aromatic carbocycles. The van der Waals surface area contributed by atoms with Crippen LogP contribution < -0.4 is 5.32 Å². The average Bonchev–Trinajstić information content (AvgIpc) is 3.29. The lowest BCUT2D eigenvalue weighted by Crippen LogP contribution is -2.40. The maximum absolute atomic E-state index is 13.1. The van der Waals surface area contributed by atoms with E-state index in [4.69, 9.17) is 27.7 Å².